The number of fused-ring (bicyclic) bond motifs is 1. The summed E-state index contributed by atoms with van der Waals surface area (Å²) in [5, 5.41) is 8.44. The van der Waals surface area contributed by atoms with Crippen LogP contribution < -0.4 is 5.32 Å². The lowest BCUT2D eigenvalue weighted by Gasteiger charge is -2.28. The minimum atomic E-state index is -0.559. The molecule has 31 heavy (non-hydrogen) atoms. The number of aromatic nitrogens is 3. The Morgan fingerprint density at radius 3 is 2.65 bits per heavy atom. The van der Waals surface area contributed by atoms with Crippen molar-refractivity contribution in [3.05, 3.63) is 82.3 Å². The highest BCUT2D eigenvalue weighted by Gasteiger charge is 2.35. The molecule has 1 aromatic heterocycles. The summed E-state index contributed by atoms with van der Waals surface area (Å²) in [4.78, 5) is 17.4. The van der Waals surface area contributed by atoms with Crippen LogP contribution in [0.4, 0.5) is 10.3 Å². The number of halogens is 1. The summed E-state index contributed by atoms with van der Waals surface area (Å²) in [5.74, 6) is 0.489. The van der Waals surface area contributed by atoms with E-state index in [-0.39, 0.29) is 12.4 Å². The molecule has 0 amide bonds. The van der Waals surface area contributed by atoms with Gasteiger partial charge in [0.1, 0.15) is 11.9 Å². The van der Waals surface area contributed by atoms with Crippen molar-refractivity contribution in [1.29, 1.82) is 0 Å². The first-order valence-electron chi connectivity index (χ1n) is 10.0. The average molecular weight is 439 g/mol. The second kappa shape index (κ2) is 8.93. The van der Waals surface area contributed by atoms with Crippen molar-refractivity contribution >= 4 is 23.7 Å². The number of hydrogen-bond donors (Lipinski definition) is 1. The third-order valence-corrected chi connectivity index (χ3v) is 6.02. The second-order valence-electron chi connectivity index (χ2n) is 7.22. The molecule has 0 saturated carbocycles. The number of aryl methyl sites for hydroxylation is 1. The van der Waals surface area contributed by atoms with Gasteiger partial charge in [0, 0.05) is 11.4 Å². The Labute approximate surface area is 184 Å². The molecule has 1 N–H and O–H groups in total. The van der Waals surface area contributed by atoms with E-state index in [0.717, 1.165) is 11.3 Å². The average Bonchev–Trinajstić information content (AvgIpc) is 3.15. The zero-order valence-electron chi connectivity index (χ0n) is 17.6. The Balaban J connectivity index is 1.70. The SMILES string of the molecule is CCOC(=O)C1=C(C)Nc2nc(SCc3ccccc3C)nn2[C@H]1c1ccc(F)cc1. The number of nitrogens with zero attached hydrogens (tertiary/aromatic N) is 3. The fourth-order valence-corrected chi connectivity index (χ4v) is 4.44. The number of nitrogens with one attached hydrogen (secondary N) is 1. The van der Waals surface area contributed by atoms with Crippen molar-refractivity contribution in [3.8, 4) is 0 Å². The van der Waals surface area contributed by atoms with Gasteiger partial charge in [0.15, 0.2) is 0 Å². The van der Waals surface area contributed by atoms with Crippen molar-refractivity contribution in [2.24, 2.45) is 0 Å². The molecule has 6 nitrogen and oxygen atoms in total. The van der Waals surface area contributed by atoms with Gasteiger partial charge < -0.3 is 10.1 Å². The molecule has 0 aliphatic carbocycles. The van der Waals surface area contributed by atoms with Crippen LogP contribution >= 0.6 is 11.8 Å². The number of carbonyl (C=O) groups is 1. The van der Waals surface area contributed by atoms with Crippen LogP contribution in [0.1, 0.15) is 36.6 Å². The van der Waals surface area contributed by atoms with E-state index in [1.165, 1.54) is 35.0 Å². The molecule has 1 atom stereocenters. The Morgan fingerprint density at radius 2 is 1.94 bits per heavy atom. The lowest BCUT2D eigenvalue weighted by atomic mass is 9.96. The minimum absolute atomic E-state index is 0.257. The number of benzene rings is 2. The number of carbonyl (C=O) groups excluding carboxylic acids is 1. The van der Waals surface area contributed by atoms with Crippen molar-refractivity contribution < 1.29 is 13.9 Å². The first kappa shape index (κ1) is 21.1. The topological polar surface area (TPSA) is 69.0 Å². The summed E-state index contributed by atoms with van der Waals surface area (Å²) in [7, 11) is 0. The molecule has 160 valence electrons. The third kappa shape index (κ3) is 4.34. The summed E-state index contributed by atoms with van der Waals surface area (Å²) >= 11 is 1.52. The van der Waals surface area contributed by atoms with Crippen LogP contribution in [0.3, 0.4) is 0 Å². The van der Waals surface area contributed by atoms with Gasteiger partial charge in [-0.25, -0.2) is 13.9 Å². The smallest absolute Gasteiger partial charge is 0.338 e. The maximum atomic E-state index is 13.5. The molecule has 0 unspecified atom stereocenters. The summed E-state index contributed by atoms with van der Waals surface area (Å²) < 4.78 is 20.5. The van der Waals surface area contributed by atoms with E-state index in [2.05, 4.69) is 34.5 Å². The van der Waals surface area contributed by atoms with Gasteiger partial charge in [0.05, 0.1) is 12.2 Å². The zero-order valence-corrected chi connectivity index (χ0v) is 18.4. The second-order valence-corrected chi connectivity index (χ2v) is 8.16. The number of anilines is 1. The van der Waals surface area contributed by atoms with Gasteiger partial charge in [-0.15, -0.1) is 5.10 Å². The molecule has 1 aliphatic heterocycles. The lowest BCUT2D eigenvalue weighted by molar-refractivity contribution is -0.139. The van der Waals surface area contributed by atoms with Gasteiger partial charge in [0.25, 0.3) is 0 Å². The normalized spacial score (nSPS) is 15.4. The van der Waals surface area contributed by atoms with E-state index in [9.17, 15) is 9.18 Å². The predicted molar refractivity (Wildman–Crippen MR) is 118 cm³/mol. The highest BCUT2D eigenvalue weighted by molar-refractivity contribution is 7.98. The summed E-state index contributed by atoms with van der Waals surface area (Å²) in [6, 6.07) is 13.7. The van der Waals surface area contributed by atoms with Crippen LogP contribution in [0.5, 0.6) is 0 Å². The van der Waals surface area contributed by atoms with Crippen LogP contribution in [0, 0.1) is 12.7 Å². The van der Waals surface area contributed by atoms with Crippen LogP contribution in [0.25, 0.3) is 0 Å². The van der Waals surface area contributed by atoms with E-state index in [4.69, 9.17) is 4.74 Å². The van der Waals surface area contributed by atoms with Gasteiger partial charge >= 0.3 is 5.97 Å². The molecule has 0 spiro atoms. The van der Waals surface area contributed by atoms with Crippen molar-refractivity contribution in [2.75, 3.05) is 11.9 Å². The number of ether oxygens (including phenoxy) is 1. The van der Waals surface area contributed by atoms with Crippen LogP contribution in [-0.2, 0) is 15.3 Å². The fraction of sp³-hybridized carbons (Fsp3) is 0.261. The molecule has 8 heteroatoms. The maximum absolute atomic E-state index is 13.5. The van der Waals surface area contributed by atoms with E-state index in [1.54, 1.807) is 30.7 Å². The molecule has 0 saturated heterocycles. The molecule has 0 bridgehead atoms. The quantitative estimate of drug-likeness (QED) is 0.437. The third-order valence-electron chi connectivity index (χ3n) is 5.13. The van der Waals surface area contributed by atoms with Gasteiger partial charge in [-0.3, -0.25) is 0 Å². The van der Waals surface area contributed by atoms with E-state index < -0.39 is 12.0 Å². The van der Waals surface area contributed by atoms with E-state index in [0.29, 0.717) is 22.4 Å². The summed E-state index contributed by atoms with van der Waals surface area (Å²) in [5.41, 5.74) is 4.23. The molecular formula is C23H23FN4O2S. The molecule has 2 aromatic carbocycles. The Bertz CT molecular complexity index is 1140. The number of allylic oxidation sites excluding steroid dienone is 1. The molecule has 1 aliphatic rings. The molecular weight excluding hydrogens is 415 g/mol. The number of hydrogen-bond acceptors (Lipinski definition) is 6. The van der Waals surface area contributed by atoms with Gasteiger partial charge in [-0.2, -0.15) is 4.98 Å². The molecule has 0 fully saturated rings. The zero-order chi connectivity index (χ0) is 22.0. The lowest BCUT2D eigenvalue weighted by Crippen LogP contribution is -2.29. The summed E-state index contributed by atoms with van der Waals surface area (Å²) in [6.07, 6.45) is 0. The predicted octanol–water partition coefficient (Wildman–Crippen LogP) is 4.87. The van der Waals surface area contributed by atoms with Crippen molar-refractivity contribution in [3.63, 3.8) is 0 Å². The first-order valence-corrected chi connectivity index (χ1v) is 11.0. The standard InChI is InChI=1S/C23H23FN4O2S/c1-4-30-21(29)19-15(3)25-22-26-23(31-13-17-8-6-5-7-14(17)2)27-28(22)20(19)16-9-11-18(24)12-10-16/h5-12,20H,4,13H2,1-3H3,(H,25,26,27)/t20-/m0/s1. The van der Waals surface area contributed by atoms with E-state index >= 15 is 0 Å². The Morgan fingerprint density at radius 1 is 1.19 bits per heavy atom. The first-order chi connectivity index (χ1) is 15.0. The van der Waals surface area contributed by atoms with E-state index in [1.807, 2.05) is 12.1 Å². The van der Waals surface area contributed by atoms with Crippen LogP contribution in [0.2, 0.25) is 0 Å². The van der Waals surface area contributed by atoms with Gasteiger partial charge in [-0.05, 0) is 49.6 Å². The van der Waals surface area contributed by atoms with Crippen LogP contribution in [0.15, 0.2) is 65.0 Å². The number of rotatable bonds is 6. The van der Waals surface area contributed by atoms with Crippen molar-refractivity contribution in [2.45, 2.75) is 37.7 Å². The minimum Gasteiger partial charge on any atom is -0.463 e. The fourth-order valence-electron chi connectivity index (χ4n) is 3.53. The number of esters is 1. The highest BCUT2D eigenvalue weighted by Crippen LogP contribution is 2.37. The molecule has 2 heterocycles. The monoisotopic (exact) mass is 438 g/mol. The maximum Gasteiger partial charge on any atom is 0.338 e. The number of thioether (sulfide) groups is 1. The van der Waals surface area contributed by atoms with Crippen molar-refractivity contribution in [1.82, 2.24) is 14.8 Å². The van der Waals surface area contributed by atoms with Gasteiger partial charge in [-0.1, -0.05) is 48.2 Å². The Kier molecular flexibility index (Phi) is 6.08. The van der Waals surface area contributed by atoms with Crippen LogP contribution in [-0.4, -0.2) is 27.3 Å². The summed E-state index contributed by atoms with van der Waals surface area (Å²) in [6.45, 7) is 5.90. The largest absolute Gasteiger partial charge is 0.463 e. The highest BCUT2D eigenvalue weighted by atomic mass is 32.2. The van der Waals surface area contributed by atoms with Gasteiger partial charge in [0.2, 0.25) is 11.1 Å². The Hall–Kier alpha value is -3.13. The molecule has 4 rings (SSSR count). The molecule has 3 aromatic rings. The molecule has 0 radical (unpaired) electrons.